The van der Waals surface area contributed by atoms with E-state index in [0.717, 1.165) is 77.6 Å². The summed E-state index contributed by atoms with van der Waals surface area (Å²) in [5.41, 5.74) is -0.491. The standard InChI is InChI=1S/C22H46N6O2/c1-7-10-11-19(18-25-21(29)30-22(4,5)6)26-20(23-8-2)24-12-13-28-16-14-27(9-3)15-17-28/h19H,7-18H2,1-6H3,(H,25,29)(H2,23,24,26). The fourth-order valence-corrected chi connectivity index (χ4v) is 3.34. The number of hydrogen-bond donors (Lipinski definition) is 3. The molecule has 0 aliphatic carbocycles. The predicted octanol–water partition coefficient (Wildman–Crippen LogP) is 2.26. The quantitative estimate of drug-likeness (QED) is 0.347. The molecule has 176 valence electrons. The largest absolute Gasteiger partial charge is 0.444 e. The van der Waals surface area contributed by atoms with E-state index in [1.165, 1.54) is 0 Å². The Labute approximate surface area is 184 Å². The van der Waals surface area contributed by atoms with Gasteiger partial charge in [0.15, 0.2) is 5.96 Å². The lowest BCUT2D eigenvalue weighted by molar-refractivity contribution is 0.0522. The van der Waals surface area contributed by atoms with Crippen LogP contribution in [0.15, 0.2) is 4.99 Å². The summed E-state index contributed by atoms with van der Waals surface area (Å²) in [5.74, 6) is 0.816. The van der Waals surface area contributed by atoms with Crippen LogP contribution in [0.2, 0.25) is 0 Å². The summed E-state index contributed by atoms with van der Waals surface area (Å²) in [7, 11) is 0. The summed E-state index contributed by atoms with van der Waals surface area (Å²) in [4.78, 5) is 21.8. The first kappa shape index (κ1) is 26.5. The number of carbonyl (C=O) groups is 1. The molecule has 0 bridgehead atoms. The van der Waals surface area contributed by atoms with Gasteiger partial charge in [-0.05, 0) is 40.7 Å². The zero-order chi connectivity index (χ0) is 22.4. The Kier molecular flexibility index (Phi) is 12.8. The summed E-state index contributed by atoms with van der Waals surface area (Å²) < 4.78 is 5.36. The van der Waals surface area contributed by atoms with E-state index in [2.05, 4.69) is 46.5 Å². The van der Waals surface area contributed by atoms with E-state index >= 15 is 0 Å². The molecule has 3 N–H and O–H groups in total. The zero-order valence-corrected chi connectivity index (χ0v) is 20.2. The van der Waals surface area contributed by atoms with Crippen LogP contribution < -0.4 is 16.0 Å². The minimum absolute atomic E-state index is 0.114. The molecule has 1 saturated heterocycles. The summed E-state index contributed by atoms with van der Waals surface area (Å²) in [5, 5.41) is 9.74. The van der Waals surface area contributed by atoms with Crippen LogP contribution in [0.3, 0.4) is 0 Å². The van der Waals surface area contributed by atoms with E-state index in [9.17, 15) is 4.79 Å². The highest BCUT2D eigenvalue weighted by Crippen LogP contribution is 2.07. The smallest absolute Gasteiger partial charge is 0.407 e. The van der Waals surface area contributed by atoms with Gasteiger partial charge in [0.1, 0.15) is 5.60 Å². The van der Waals surface area contributed by atoms with E-state index in [-0.39, 0.29) is 12.1 Å². The maximum atomic E-state index is 12.0. The van der Waals surface area contributed by atoms with Crippen molar-refractivity contribution in [3.63, 3.8) is 0 Å². The van der Waals surface area contributed by atoms with Crippen LogP contribution in [0.5, 0.6) is 0 Å². The van der Waals surface area contributed by atoms with Gasteiger partial charge in [-0.2, -0.15) is 0 Å². The number of aliphatic imine (C=N–C) groups is 1. The molecule has 8 heteroatoms. The molecule has 1 rings (SSSR count). The van der Waals surface area contributed by atoms with Crippen molar-refractivity contribution in [1.29, 1.82) is 0 Å². The van der Waals surface area contributed by atoms with Crippen LogP contribution >= 0.6 is 0 Å². The summed E-state index contributed by atoms with van der Waals surface area (Å²) >= 11 is 0. The Hall–Kier alpha value is -1.54. The van der Waals surface area contributed by atoms with Gasteiger partial charge in [0.05, 0.1) is 6.54 Å². The van der Waals surface area contributed by atoms with Gasteiger partial charge in [-0.3, -0.25) is 9.89 Å². The molecule has 1 aliphatic rings. The van der Waals surface area contributed by atoms with Gasteiger partial charge in [-0.1, -0.05) is 26.7 Å². The Morgan fingerprint density at radius 1 is 1.07 bits per heavy atom. The van der Waals surface area contributed by atoms with Crippen LogP contribution in [0, 0.1) is 0 Å². The number of likely N-dealkylation sites (N-methyl/N-ethyl adjacent to an activating group) is 1. The van der Waals surface area contributed by atoms with E-state index in [1.807, 2.05) is 20.8 Å². The van der Waals surface area contributed by atoms with Gasteiger partial charge in [-0.15, -0.1) is 0 Å². The summed E-state index contributed by atoms with van der Waals surface area (Å²) in [6.07, 6.45) is 2.80. The van der Waals surface area contributed by atoms with Crippen LogP contribution in [-0.4, -0.2) is 92.4 Å². The molecule has 0 radical (unpaired) electrons. The van der Waals surface area contributed by atoms with Crippen molar-refractivity contribution in [3.05, 3.63) is 0 Å². The summed E-state index contributed by atoms with van der Waals surface area (Å²) in [6, 6.07) is 0.114. The average Bonchev–Trinajstić information content (AvgIpc) is 2.69. The van der Waals surface area contributed by atoms with Crippen molar-refractivity contribution < 1.29 is 9.53 Å². The molecule has 0 saturated carbocycles. The first-order valence-electron chi connectivity index (χ1n) is 11.7. The number of guanidine groups is 1. The Balaban J connectivity index is 2.53. The normalized spacial score (nSPS) is 17.5. The van der Waals surface area contributed by atoms with Crippen LogP contribution in [0.25, 0.3) is 0 Å². The number of nitrogens with one attached hydrogen (secondary N) is 3. The molecule has 0 aromatic carbocycles. The number of amides is 1. The summed E-state index contributed by atoms with van der Waals surface area (Å²) in [6.45, 7) is 20.8. The monoisotopic (exact) mass is 426 g/mol. The number of piperazine rings is 1. The maximum Gasteiger partial charge on any atom is 0.407 e. The topological polar surface area (TPSA) is 81.2 Å². The van der Waals surface area contributed by atoms with Crippen LogP contribution in [-0.2, 0) is 4.74 Å². The Bertz CT molecular complexity index is 498. The second kappa shape index (κ2) is 14.5. The highest BCUT2D eigenvalue weighted by molar-refractivity contribution is 5.80. The first-order valence-corrected chi connectivity index (χ1v) is 11.7. The van der Waals surface area contributed by atoms with Gasteiger partial charge >= 0.3 is 6.09 Å². The van der Waals surface area contributed by atoms with E-state index in [4.69, 9.17) is 9.73 Å². The minimum atomic E-state index is -0.491. The molecule has 1 unspecified atom stereocenters. The third kappa shape index (κ3) is 12.2. The molecule has 0 aromatic heterocycles. The lowest BCUT2D eigenvalue weighted by Gasteiger charge is -2.33. The van der Waals surface area contributed by atoms with Crippen molar-refractivity contribution in [1.82, 2.24) is 25.8 Å². The Morgan fingerprint density at radius 3 is 2.30 bits per heavy atom. The molecule has 0 aromatic rings. The van der Waals surface area contributed by atoms with Gasteiger partial charge in [0.25, 0.3) is 0 Å². The van der Waals surface area contributed by atoms with Crippen molar-refractivity contribution in [3.8, 4) is 0 Å². The second-order valence-electron chi connectivity index (χ2n) is 8.90. The van der Waals surface area contributed by atoms with Gasteiger partial charge in [0, 0.05) is 51.9 Å². The molecule has 1 aliphatic heterocycles. The molecule has 1 heterocycles. The zero-order valence-electron chi connectivity index (χ0n) is 20.2. The highest BCUT2D eigenvalue weighted by Gasteiger charge is 2.18. The first-order chi connectivity index (χ1) is 14.3. The predicted molar refractivity (Wildman–Crippen MR) is 125 cm³/mol. The molecule has 1 fully saturated rings. The fourth-order valence-electron chi connectivity index (χ4n) is 3.34. The SMILES string of the molecule is CCCCC(CNC(=O)OC(C)(C)C)NC(=NCCN1CCN(CC)CC1)NCC. The highest BCUT2D eigenvalue weighted by atomic mass is 16.6. The van der Waals surface area contributed by atoms with E-state index in [1.54, 1.807) is 0 Å². The molecule has 1 atom stereocenters. The minimum Gasteiger partial charge on any atom is -0.444 e. The van der Waals surface area contributed by atoms with Crippen LogP contribution in [0.4, 0.5) is 4.79 Å². The number of hydrogen-bond acceptors (Lipinski definition) is 5. The van der Waals surface area contributed by atoms with E-state index in [0.29, 0.717) is 6.54 Å². The van der Waals surface area contributed by atoms with Gasteiger partial charge in [0.2, 0.25) is 0 Å². The number of ether oxygens (including phenoxy) is 1. The third-order valence-corrected chi connectivity index (χ3v) is 5.08. The number of alkyl carbamates (subject to hydrolysis) is 1. The molecule has 0 spiro atoms. The van der Waals surface area contributed by atoms with Crippen molar-refractivity contribution in [2.45, 2.75) is 72.4 Å². The number of carbonyl (C=O) groups excluding carboxylic acids is 1. The maximum absolute atomic E-state index is 12.0. The average molecular weight is 427 g/mol. The lowest BCUT2D eigenvalue weighted by atomic mass is 10.1. The van der Waals surface area contributed by atoms with Crippen molar-refractivity contribution in [2.24, 2.45) is 4.99 Å². The van der Waals surface area contributed by atoms with E-state index < -0.39 is 5.60 Å². The molecular formula is C22H46N6O2. The van der Waals surface area contributed by atoms with Crippen molar-refractivity contribution in [2.75, 3.05) is 58.9 Å². The fraction of sp³-hybridized carbons (Fsp3) is 0.909. The Morgan fingerprint density at radius 2 is 1.73 bits per heavy atom. The molecule has 1 amide bonds. The third-order valence-electron chi connectivity index (χ3n) is 5.08. The number of unbranched alkanes of at least 4 members (excludes halogenated alkanes) is 1. The van der Waals surface area contributed by atoms with Crippen molar-refractivity contribution >= 4 is 12.1 Å². The molecule has 30 heavy (non-hydrogen) atoms. The van der Waals surface area contributed by atoms with Gasteiger partial charge < -0.3 is 25.6 Å². The van der Waals surface area contributed by atoms with Crippen LogP contribution in [0.1, 0.15) is 60.8 Å². The second-order valence-corrected chi connectivity index (χ2v) is 8.90. The molecule has 8 nitrogen and oxygen atoms in total. The van der Waals surface area contributed by atoms with Gasteiger partial charge in [-0.25, -0.2) is 4.79 Å². The number of rotatable bonds is 11. The number of nitrogens with zero attached hydrogens (tertiary/aromatic N) is 3. The molecular weight excluding hydrogens is 380 g/mol. The lowest BCUT2D eigenvalue weighted by Crippen LogP contribution is -2.49.